The molecule has 0 heterocycles. The molecule has 1 atom stereocenters. The number of aryl methyl sites for hydroxylation is 1. The van der Waals surface area contributed by atoms with Crippen molar-refractivity contribution in [2.45, 2.75) is 25.7 Å². The average molecular weight is 316 g/mol. The molecule has 0 radical (unpaired) electrons. The summed E-state index contributed by atoms with van der Waals surface area (Å²) in [4.78, 5) is 0. The summed E-state index contributed by atoms with van der Waals surface area (Å²) in [5.41, 5.74) is 3.29. The molecule has 2 aromatic rings. The van der Waals surface area contributed by atoms with Crippen LogP contribution in [0, 0.1) is 16.7 Å². The van der Waals surface area contributed by atoms with Gasteiger partial charge in [-0.3, -0.25) is 0 Å². The Morgan fingerprint density at radius 3 is 2.57 bits per heavy atom. The minimum Gasteiger partial charge on any atom is -0.198 e. The van der Waals surface area contributed by atoms with Crippen molar-refractivity contribution in [3.63, 3.8) is 0 Å². The van der Waals surface area contributed by atoms with Crippen LogP contribution in [0.4, 0.5) is 0 Å². The monoisotopic (exact) mass is 315 g/mol. The Hall–Kier alpha value is -1.49. The van der Waals surface area contributed by atoms with Crippen LogP contribution in [0.1, 0.15) is 23.1 Å². The maximum Gasteiger partial charge on any atom is 0.0696 e. The van der Waals surface area contributed by atoms with Crippen molar-refractivity contribution >= 4 is 23.2 Å². The molecule has 0 spiro atoms. The van der Waals surface area contributed by atoms with Crippen molar-refractivity contribution in [2.75, 3.05) is 0 Å². The van der Waals surface area contributed by atoms with Crippen molar-refractivity contribution in [1.29, 1.82) is 5.26 Å². The normalized spacial score (nSPS) is 20.6. The van der Waals surface area contributed by atoms with E-state index in [0.717, 1.165) is 24.8 Å². The first-order valence-corrected chi connectivity index (χ1v) is 7.79. The molecule has 3 rings (SSSR count). The van der Waals surface area contributed by atoms with Gasteiger partial charge >= 0.3 is 0 Å². The molecule has 1 aliphatic rings. The van der Waals surface area contributed by atoms with Crippen LogP contribution < -0.4 is 0 Å². The van der Waals surface area contributed by atoms with Crippen LogP contribution in [0.3, 0.4) is 0 Å². The van der Waals surface area contributed by atoms with Gasteiger partial charge in [0.1, 0.15) is 0 Å². The van der Waals surface area contributed by atoms with Crippen LogP contribution in [0.15, 0.2) is 42.5 Å². The van der Waals surface area contributed by atoms with Gasteiger partial charge in [0.2, 0.25) is 0 Å². The van der Waals surface area contributed by atoms with Gasteiger partial charge in [0.15, 0.2) is 0 Å². The van der Waals surface area contributed by atoms with Gasteiger partial charge in [-0.2, -0.15) is 5.26 Å². The van der Waals surface area contributed by atoms with Crippen molar-refractivity contribution < 1.29 is 0 Å². The summed E-state index contributed by atoms with van der Waals surface area (Å²) in [6, 6.07) is 16.5. The van der Waals surface area contributed by atoms with E-state index in [1.807, 2.05) is 18.2 Å². The summed E-state index contributed by atoms with van der Waals surface area (Å²) >= 11 is 12.2. The molecule has 21 heavy (non-hydrogen) atoms. The van der Waals surface area contributed by atoms with E-state index in [-0.39, 0.29) is 5.41 Å². The number of nitrogens with zero attached hydrogens (tertiary/aromatic N) is 1. The first kappa shape index (κ1) is 14.4. The van der Waals surface area contributed by atoms with E-state index in [1.165, 1.54) is 11.1 Å². The standard InChI is InChI=1S/C18H15Cl2N/c19-16-6-5-15(17(20)9-16)11-18(12-21)8-7-13-3-1-2-4-14(13)10-18/h1-6,9H,7-8,10-11H2. The second-order valence-corrected chi connectivity index (χ2v) is 6.59. The lowest BCUT2D eigenvalue weighted by Crippen LogP contribution is -2.29. The summed E-state index contributed by atoms with van der Waals surface area (Å²) in [5, 5.41) is 11.0. The van der Waals surface area contributed by atoms with Crippen LogP contribution in [-0.4, -0.2) is 0 Å². The highest BCUT2D eigenvalue weighted by atomic mass is 35.5. The third-order valence-electron chi connectivity index (χ3n) is 4.30. The zero-order chi connectivity index (χ0) is 14.9. The molecule has 3 heteroatoms. The molecular weight excluding hydrogens is 301 g/mol. The summed E-state index contributed by atoms with van der Waals surface area (Å²) in [5.74, 6) is 0. The van der Waals surface area contributed by atoms with Gasteiger partial charge in [-0.15, -0.1) is 0 Å². The van der Waals surface area contributed by atoms with Crippen molar-refractivity contribution in [3.05, 3.63) is 69.2 Å². The minimum atomic E-state index is -0.369. The molecule has 0 aromatic heterocycles. The van der Waals surface area contributed by atoms with Crippen molar-refractivity contribution in [2.24, 2.45) is 5.41 Å². The lowest BCUT2D eigenvalue weighted by molar-refractivity contribution is 0.339. The third-order valence-corrected chi connectivity index (χ3v) is 4.89. The van der Waals surface area contributed by atoms with E-state index in [1.54, 1.807) is 6.07 Å². The summed E-state index contributed by atoms with van der Waals surface area (Å²) < 4.78 is 0. The van der Waals surface area contributed by atoms with Crippen molar-refractivity contribution in [1.82, 2.24) is 0 Å². The number of fused-ring (bicyclic) bond motifs is 1. The zero-order valence-corrected chi connectivity index (χ0v) is 13.1. The predicted octanol–water partition coefficient (Wildman–Crippen LogP) is 5.23. The number of rotatable bonds is 2. The van der Waals surface area contributed by atoms with Gasteiger partial charge in [0, 0.05) is 10.0 Å². The van der Waals surface area contributed by atoms with E-state index in [2.05, 4.69) is 24.3 Å². The predicted molar refractivity (Wildman–Crippen MR) is 86.7 cm³/mol. The molecule has 0 saturated carbocycles. The summed E-state index contributed by atoms with van der Waals surface area (Å²) in [6.45, 7) is 0. The van der Waals surface area contributed by atoms with Gasteiger partial charge in [-0.05, 0) is 54.5 Å². The Labute approximate surface area is 135 Å². The van der Waals surface area contributed by atoms with Gasteiger partial charge in [-0.25, -0.2) is 0 Å². The Morgan fingerprint density at radius 2 is 1.86 bits per heavy atom. The molecule has 0 amide bonds. The summed E-state index contributed by atoms with van der Waals surface area (Å²) in [7, 11) is 0. The molecule has 0 aliphatic heterocycles. The highest BCUT2D eigenvalue weighted by Crippen LogP contribution is 2.39. The van der Waals surface area contributed by atoms with Crippen LogP contribution >= 0.6 is 23.2 Å². The molecule has 106 valence electrons. The van der Waals surface area contributed by atoms with Crippen LogP contribution in [-0.2, 0) is 19.3 Å². The number of hydrogen-bond donors (Lipinski definition) is 0. The van der Waals surface area contributed by atoms with Gasteiger partial charge < -0.3 is 0 Å². The van der Waals surface area contributed by atoms with Gasteiger partial charge in [0.25, 0.3) is 0 Å². The second kappa shape index (κ2) is 5.72. The number of benzene rings is 2. The highest BCUT2D eigenvalue weighted by Gasteiger charge is 2.35. The molecule has 2 aromatic carbocycles. The quantitative estimate of drug-likeness (QED) is 0.744. The first-order valence-electron chi connectivity index (χ1n) is 7.04. The third kappa shape index (κ3) is 2.93. The number of hydrogen-bond acceptors (Lipinski definition) is 1. The van der Waals surface area contributed by atoms with E-state index in [9.17, 15) is 5.26 Å². The maximum absolute atomic E-state index is 9.75. The van der Waals surface area contributed by atoms with E-state index in [0.29, 0.717) is 16.5 Å². The topological polar surface area (TPSA) is 23.8 Å². The van der Waals surface area contributed by atoms with E-state index in [4.69, 9.17) is 23.2 Å². The van der Waals surface area contributed by atoms with Gasteiger partial charge in [0.05, 0.1) is 11.5 Å². The van der Waals surface area contributed by atoms with Crippen LogP contribution in [0.2, 0.25) is 10.0 Å². The zero-order valence-electron chi connectivity index (χ0n) is 11.6. The lowest BCUT2D eigenvalue weighted by atomic mass is 9.69. The maximum atomic E-state index is 9.75. The summed E-state index contributed by atoms with van der Waals surface area (Å²) in [6.07, 6.45) is 3.29. The van der Waals surface area contributed by atoms with Crippen LogP contribution in [0.25, 0.3) is 0 Å². The fourth-order valence-electron chi connectivity index (χ4n) is 3.12. The van der Waals surface area contributed by atoms with E-state index >= 15 is 0 Å². The Kier molecular flexibility index (Phi) is 3.93. The molecule has 0 fully saturated rings. The number of halogens is 2. The molecule has 1 aliphatic carbocycles. The van der Waals surface area contributed by atoms with E-state index < -0.39 is 0 Å². The Morgan fingerprint density at radius 1 is 1.10 bits per heavy atom. The number of nitriles is 1. The fraction of sp³-hybridized carbons (Fsp3) is 0.278. The van der Waals surface area contributed by atoms with Gasteiger partial charge in [-0.1, -0.05) is 53.5 Å². The largest absolute Gasteiger partial charge is 0.198 e. The molecule has 0 bridgehead atoms. The highest BCUT2D eigenvalue weighted by molar-refractivity contribution is 6.35. The smallest absolute Gasteiger partial charge is 0.0696 e. The SMILES string of the molecule is N#CC1(Cc2ccc(Cl)cc2Cl)CCc2ccccc2C1. The minimum absolute atomic E-state index is 0.369. The fourth-order valence-corrected chi connectivity index (χ4v) is 3.59. The van der Waals surface area contributed by atoms with Crippen LogP contribution in [0.5, 0.6) is 0 Å². The molecular formula is C18H15Cl2N. The average Bonchev–Trinajstić information content (AvgIpc) is 2.50. The lowest BCUT2D eigenvalue weighted by Gasteiger charge is -2.32. The Balaban J connectivity index is 1.91. The second-order valence-electron chi connectivity index (χ2n) is 5.75. The Bertz CT molecular complexity index is 717. The molecule has 1 unspecified atom stereocenters. The first-order chi connectivity index (χ1) is 10.1. The molecule has 1 nitrogen and oxygen atoms in total. The van der Waals surface area contributed by atoms with Crippen molar-refractivity contribution in [3.8, 4) is 6.07 Å². The molecule has 0 N–H and O–H groups in total. The molecule has 0 saturated heterocycles.